The molecule has 1 aromatic heterocycles. The summed E-state index contributed by atoms with van der Waals surface area (Å²) >= 11 is 5.12. The van der Waals surface area contributed by atoms with Crippen LogP contribution < -0.4 is 10.0 Å². The molecule has 0 fully saturated rings. The van der Waals surface area contributed by atoms with E-state index >= 15 is 0 Å². The molecule has 114 valence electrons. The molecule has 0 saturated heterocycles. The molecular formula is C14H17BrN2O2S2. The molecule has 0 radical (unpaired) electrons. The molecule has 7 heteroatoms. The van der Waals surface area contributed by atoms with E-state index < -0.39 is 10.0 Å². The highest BCUT2D eigenvalue weighted by Crippen LogP contribution is 2.23. The number of hydrogen-bond donors (Lipinski definition) is 2. The number of nitrogens with one attached hydrogen (secondary N) is 2. The topological polar surface area (TPSA) is 58.2 Å². The van der Waals surface area contributed by atoms with Gasteiger partial charge in [-0.2, -0.15) is 0 Å². The van der Waals surface area contributed by atoms with E-state index in [1.54, 1.807) is 36.5 Å². The van der Waals surface area contributed by atoms with Gasteiger partial charge in [-0.25, -0.2) is 13.1 Å². The van der Waals surface area contributed by atoms with Crippen molar-refractivity contribution in [1.29, 1.82) is 0 Å². The van der Waals surface area contributed by atoms with Crippen LogP contribution in [-0.4, -0.2) is 21.5 Å². The number of para-hydroxylation sites is 1. The van der Waals surface area contributed by atoms with Gasteiger partial charge in [0.25, 0.3) is 0 Å². The highest BCUT2D eigenvalue weighted by molar-refractivity contribution is 9.11. The fourth-order valence-corrected chi connectivity index (χ4v) is 4.63. The number of benzene rings is 1. The fraction of sp³-hybridized carbons (Fsp3) is 0.286. The largest absolute Gasteiger partial charge is 0.384 e. The molecule has 0 amide bonds. The predicted molar refractivity (Wildman–Crippen MR) is 91.5 cm³/mol. The number of halogens is 1. The van der Waals surface area contributed by atoms with Crippen LogP contribution in [0.3, 0.4) is 0 Å². The molecule has 21 heavy (non-hydrogen) atoms. The third kappa shape index (κ3) is 4.54. The Balaban J connectivity index is 2.06. The van der Waals surface area contributed by atoms with Crippen molar-refractivity contribution in [3.05, 3.63) is 45.1 Å². The lowest BCUT2D eigenvalue weighted by Gasteiger charge is -2.12. The molecule has 0 atom stereocenters. The van der Waals surface area contributed by atoms with Crippen LogP contribution in [0.25, 0.3) is 0 Å². The maximum absolute atomic E-state index is 12.1. The molecule has 0 unspecified atom stereocenters. The van der Waals surface area contributed by atoms with Crippen molar-refractivity contribution in [2.45, 2.75) is 18.2 Å². The van der Waals surface area contributed by atoms with Crippen LogP contribution in [0.1, 0.15) is 11.8 Å². The third-order valence-corrected chi connectivity index (χ3v) is 6.11. The molecule has 0 aliphatic heterocycles. The molecule has 2 aromatic rings. The normalized spacial score (nSPS) is 11.5. The van der Waals surface area contributed by atoms with E-state index in [9.17, 15) is 8.42 Å². The van der Waals surface area contributed by atoms with Crippen molar-refractivity contribution in [2.75, 3.05) is 18.4 Å². The van der Waals surface area contributed by atoms with Crippen LogP contribution in [0.15, 0.2) is 45.1 Å². The van der Waals surface area contributed by atoms with Gasteiger partial charge >= 0.3 is 0 Å². The van der Waals surface area contributed by atoms with E-state index in [2.05, 4.69) is 32.0 Å². The van der Waals surface area contributed by atoms with Gasteiger partial charge in [-0.15, -0.1) is 11.3 Å². The van der Waals surface area contributed by atoms with Gasteiger partial charge in [-0.3, -0.25) is 0 Å². The minimum absolute atomic E-state index is 0.291. The number of rotatable bonds is 7. The van der Waals surface area contributed by atoms with Crippen LogP contribution in [0.5, 0.6) is 0 Å². The zero-order valence-corrected chi connectivity index (χ0v) is 14.8. The Morgan fingerprint density at radius 2 is 1.95 bits per heavy atom. The second-order valence-corrected chi connectivity index (χ2v) is 8.66. The van der Waals surface area contributed by atoms with Crippen molar-refractivity contribution in [2.24, 2.45) is 0 Å². The van der Waals surface area contributed by atoms with Crippen LogP contribution in [0, 0.1) is 0 Å². The van der Waals surface area contributed by atoms with Gasteiger partial charge < -0.3 is 5.32 Å². The molecule has 4 nitrogen and oxygen atoms in total. The van der Waals surface area contributed by atoms with Crippen molar-refractivity contribution in [3.63, 3.8) is 0 Å². The molecule has 2 rings (SSSR count). The van der Waals surface area contributed by atoms with Crippen LogP contribution in [0.2, 0.25) is 0 Å². The maximum atomic E-state index is 12.1. The van der Waals surface area contributed by atoms with Crippen LogP contribution in [0.4, 0.5) is 5.69 Å². The fourth-order valence-electron chi connectivity index (χ4n) is 1.92. The number of thiophene rings is 1. The zero-order valence-electron chi connectivity index (χ0n) is 11.6. The van der Waals surface area contributed by atoms with Crippen molar-refractivity contribution >= 4 is 43.0 Å². The molecule has 0 aliphatic rings. The number of sulfonamides is 1. The average molecular weight is 389 g/mol. The SMILES string of the molecule is CCNS(=O)(=O)c1ccccc1NCCc1ccc(Br)s1. The molecule has 1 heterocycles. The van der Waals surface area contributed by atoms with Gasteiger partial charge in [-0.1, -0.05) is 19.1 Å². The smallest absolute Gasteiger partial charge is 0.242 e. The van der Waals surface area contributed by atoms with E-state index in [-0.39, 0.29) is 0 Å². The molecular weight excluding hydrogens is 372 g/mol. The van der Waals surface area contributed by atoms with Crippen molar-refractivity contribution < 1.29 is 8.42 Å². The monoisotopic (exact) mass is 388 g/mol. The molecule has 0 bridgehead atoms. The van der Waals surface area contributed by atoms with E-state index in [1.165, 1.54) is 4.88 Å². The lowest BCUT2D eigenvalue weighted by atomic mass is 10.3. The van der Waals surface area contributed by atoms with E-state index in [0.717, 1.165) is 10.2 Å². The average Bonchev–Trinajstić information content (AvgIpc) is 2.85. The summed E-state index contributed by atoms with van der Waals surface area (Å²) in [5.41, 5.74) is 0.633. The molecule has 1 aromatic carbocycles. The summed E-state index contributed by atoms with van der Waals surface area (Å²) in [4.78, 5) is 1.54. The van der Waals surface area contributed by atoms with Gasteiger partial charge in [0.2, 0.25) is 10.0 Å². The second-order valence-electron chi connectivity index (χ2n) is 4.38. The Morgan fingerprint density at radius 1 is 1.19 bits per heavy atom. The summed E-state index contributed by atoms with van der Waals surface area (Å²) < 4.78 is 27.9. The van der Waals surface area contributed by atoms with Gasteiger partial charge in [0, 0.05) is 18.0 Å². The zero-order chi connectivity index (χ0) is 15.3. The Kier molecular flexibility index (Phi) is 5.80. The Bertz CT molecular complexity index is 699. The Morgan fingerprint density at radius 3 is 2.62 bits per heavy atom. The molecule has 2 N–H and O–H groups in total. The third-order valence-electron chi connectivity index (χ3n) is 2.83. The van der Waals surface area contributed by atoms with Crippen molar-refractivity contribution in [1.82, 2.24) is 4.72 Å². The summed E-state index contributed by atoms with van der Waals surface area (Å²) in [5.74, 6) is 0. The van der Waals surface area contributed by atoms with Gasteiger partial charge in [-0.05, 0) is 46.6 Å². The van der Waals surface area contributed by atoms with Gasteiger partial charge in [0.15, 0.2) is 0 Å². The summed E-state index contributed by atoms with van der Waals surface area (Å²) in [5, 5.41) is 3.21. The van der Waals surface area contributed by atoms with E-state index in [0.29, 0.717) is 23.7 Å². The molecule has 0 spiro atoms. The molecule has 0 saturated carbocycles. The van der Waals surface area contributed by atoms with Crippen LogP contribution in [-0.2, 0) is 16.4 Å². The quantitative estimate of drug-likeness (QED) is 0.763. The second kappa shape index (κ2) is 7.40. The van der Waals surface area contributed by atoms with Crippen LogP contribution >= 0.6 is 27.3 Å². The molecule has 0 aliphatic carbocycles. The standard InChI is InChI=1S/C14H17BrN2O2S2/c1-2-17-21(18,19)13-6-4-3-5-12(13)16-10-9-11-7-8-14(15)20-11/h3-8,16-17H,2,9-10H2,1H3. The Labute approximate surface area is 137 Å². The predicted octanol–water partition coefficient (Wildman–Crippen LogP) is 3.46. The number of hydrogen-bond acceptors (Lipinski definition) is 4. The first-order valence-electron chi connectivity index (χ1n) is 6.59. The highest BCUT2D eigenvalue weighted by Gasteiger charge is 2.16. The summed E-state index contributed by atoms with van der Waals surface area (Å²) in [6, 6.07) is 11.0. The summed E-state index contributed by atoms with van der Waals surface area (Å²) in [6.45, 7) is 2.83. The van der Waals surface area contributed by atoms with E-state index in [4.69, 9.17) is 0 Å². The van der Waals surface area contributed by atoms with Gasteiger partial charge in [0.1, 0.15) is 4.90 Å². The minimum atomic E-state index is -3.45. The highest BCUT2D eigenvalue weighted by atomic mass is 79.9. The summed E-state index contributed by atoms with van der Waals surface area (Å²) in [6.07, 6.45) is 0.853. The first kappa shape index (κ1) is 16.5. The number of anilines is 1. The first-order chi connectivity index (χ1) is 10.0. The summed E-state index contributed by atoms with van der Waals surface area (Å²) in [7, 11) is -3.45. The lowest BCUT2D eigenvalue weighted by molar-refractivity contribution is 0.584. The van der Waals surface area contributed by atoms with E-state index in [1.807, 2.05) is 12.1 Å². The lowest BCUT2D eigenvalue weighted by Crippen LogP contribution is -2.24. The minimum Gasteiger partial charge on any atom is -0.384 e. The van der Waals surface area contributed by atoms with Gasteiger partial charge in [0.05, 0.1) is 9.47 Å². The first-order valence-corrected chi connectivity index (χ1v) is 9.69. The Hall–Kier alpha value is -0.890. The van der Waals surface area contributed by atoms with Crippen molar-refractivity contribution in [3.8, 4) is 0 Å². The maximum Gasteiger partial charge on any atom is 0.242 e.